The van der Waals surface area contributed by atoms with E-state index in [1.807, 2.05) is 0 Å². The van der Waals surface area contributed by atoms with Crippen LogP contribution >= 0.6 is 0 Å². The van der Waals surface area contributed by atoms with Crippen LogP contribution in [0, 0.1) is 5.92 Å². The SMILES string of the molecule is CC(C)CNCCCN1CCN(C(C)(C)C)CC1. The van der Waals surface area contributed by atoms with Crippen molar-refractivity contribution in [3.8, 4) is 0 Å². The van der Waals surface area contributed by atoms with Crippen LogP contribution in [0.25, 0.3) is 0 Å². The number of nitrogens with zero attached hydrogens (tertiary/aromatic N) is 2. The van der Waals surface area contributed by atoms with Gasteiger partial charge < -0.3 is 10.2 Å². The smallest absolute Gasteiger partial charge is 0.0126 e. The lowest BCUT2D eigenvalue weighted by atomic mass is 10.0. The Hall–Kier alpha value is -0.120. The Morgan fingerprint density at radius 1 is 1.06 bits per heavy atom. The maximum Gasteiger partial charge on any atom is 0.0126 e. The highest BCUT2D eigenvalue weighted by Gasteiger charge is 2.25. The van der Waals surface area contributed by atoms with Crippen molar-refractivity contribution in [2.24, 2.45) is 5.92 Å². The van der Waals surface area contributed by atoms with Crippen LogP contribution in [0.1, 0.15) is 41.0 Å². The van der Waals surface area contributed by atoms with Crippen LogP contribution in [0.5, 0.6) is 0 Å². The minimum absolute atomic E-state index is 0.338. The molecule has 1 fully saturated rings. The molecule has 1 N–H and O–H groups in total. The summed E-state index contributed by atoms with van der Waals surface area (Å²) < 4.78 is 0. The molecule has 1 rings (SSSR count). The van der Waals surface area contributed by atoms with E-state index in [0.29, 0.717) is 5.54 Å². The molecule has 1 saturated heterocycles. The molecule has 1 aliphatic heterocycles. The Morgan fingerprint density at radius 3 is 2.17 bits per heavy atom. The van der Waals surface area contributed by atoms with E-state index in [1.54, 1.807) is 0 Å². The molecule has 1 aliphatic rings. The molecule has 0 spiro atoms. The summed E-state index contributed by atoms with van der Waals surface area (Å²) in [5.41, 5.74) is 0.338. The molecule has 18 heavy (non-hydrogen) atoms. The maximum atomic E-state index is 3.52. The molecule has 0 radical (unpaired) electrons. The van der Waals surface area contributed by atoms with Gasteiger partial charge in [-0.25, -0.2) is 0 Å². The van der Waals surface area contributed by atoms with Crippen LogP contribution in [0.15, 0.2) is 0 Å². The summed E-state index contributed by atoms with van der Waals surface area (Å²) in [6.07, 6.45) is 1.28. The van der Waals surface area contributed by atoms with E-state index < -0.39 is 0 Å². The lowest BCUT2D eigenvalue weighted by Gasteiger charge is -2.42. The Kier molecular flexibility index (Phi) is 6.61. The third-order valence-electron chi connectivity index (χ3n) is 3.70. The summed E-state index contributed by atoms with van der Waals surface area (Å²) in [7, 11) is 0. The minimum atomic E-state index is 0.338. The van der Waals surface area contributed by atoms with Gasteiger partial charge in [0.05, 0.1) is 0 Å². The first-order valence-corrected chi connectivity index (χ1v) is 7.57. The summed E-state index contributed by atoms with van der Waals surface area (Å²) in [5, 5.41) is 3.52. The van der Waals surface area contributed by atoms with Crippen LogP contribution < -0.4 is 5.32 Å². The number of rotatable bonds is 6. The average Bonchev–Trinajstić information content (AvgIpc) is 2.27. The van der Waals surface area contributed by atoms with Gasteiger partial charge in [0.2, 0.25) is 0 Å². The Bertz CT molecular complexity index is 212. The second-order valence-electron chi connectivity index (χ2n) is 6.95. The maximum absolute atomic E-state index is 3.52. The van der Waals surface area contributed by atoms with Crippen LogP contribution in [-0.4, -0.2) is 61.2 Å². The second kappa shape index (κ2) is 7.46. The second-order valence-corrected chi connectivity index (χ2v) is 6.95. The molecule has 0 aromatic heterocycles. The molecule has 0 unspecified atom stereocenters. The van der Waals surface area contributed by atoms with Crippen molar-refractivity contribution in [2.45, 2.75) is 46.6 Å². The molecular formula is C15H33N3. The first kappa shape index (κ1) is 15.9. The van der Waals surface area contributed by atoms with Gasteiger partial charge >= 0.3 is 0 Å². The van der Waals surface area contributed by atoms with Gasteiger partial charge in [0.15, 0.2) is 0 Å². The van der Waals surface area contributed by atoms with Crippen LogP contribution in [-0.2, 0) is 0 Å². The highest BCUT2D eigenvalue weighted by atomic mass is 15.3. The molecule has 0 bridgehead atoms. The van der Waals surface area contributed by atoms with E-state index in [0.717, 1.165) is 19.0 Å². The van der Waals surface area contributed by atoms with Crippen molar-refractivity contribution in [1.82, 2.24) is 15.1 Å². The van der Waals surface area contributed by atoms with Crippen molar-refractivity contribution in [3.63, 3.8) is 0 Å². The van der Waals surface area contributed by atoms with E-state index in [-0.39, 0.29) is 0 Å². The predicted octanol–water partition coefficient (Wildman–Crippen LogP) is 2.04. The lowest BCUT2D eigenvalue weighted by Crippen LogP contribution is -2.53. The van der Waals surface area contributed by atoms with Gasteiger partial charge in [0.1, 0.15) is 0 Å². The molecule has 3 nitrogen and oxygen atoms in total. The summed E-state index contributed by atoms with van der Waals surface area (Å²) >= 11 is 0. The fourth-order valence-electron chi connectivity index (χ4n) is 2.46. The van der Waals surface area contributed by atoms with Gasteiger partial charge in [-0.1, -0.05) is 13.8 Å². The third-order valence-corrected chi connectivity index (χ3v) is 3.70. The molecule has 0 amide bonds. The lowest BCUT2D eigenvalue weighted by molar-refractivity contribution is 0.0619. The highest BCUT2D eigenvalue weighted by molar-refractivity contribution is 4.81. The van der Waals surface area contributed by atoms with Gasteiger partial charge in [-0.3, -0.25) is 4.90 Å². The minimum Gasteiger partial charge on any atom is -0.316 e. The van der Waals surface area contributed by atoms with Gasteiger partial charge in [-0.15, -0.1) is 0 Å². The zero-order valence-corrected chi connectivity index (χ0v) is 13.1. The Labute approximate surface area is 114 Å². The van der Waals surface area contributed by atoms with Crippen molar-refractivity contribution < 1.29 is 0 Å². The highest BCUT2D eigenvalue weighted by Crippen LogP contribution is 2.15. The quantitative estimate of drug-likeness (QED) is 0.733. The van der Waals surface area contributed by atoms with Crippen LogP contribution in [0.2, 0.25) is 0 Å². The van der Waals surface area contributed by atoms with E-state index >= 15 is 0 Å². The van der Waals surface area contributed by atoms with E-state index in [1.165, 1.54) is 39.1 Å². The molecule has 0 aliphatic carbocycles. The fraction of sp³-hybridized carbons (Fsp3) is 1.00. The molecule has 1 heterocycles. The number of hydrogen-bond acceptors (Lipinski definition) is 3. The number of hydrogen-bond donors (Lipinski definition) is 1. The van der Waals surface area contributed by atoms with E-state index in [2.05, 4.69) is 49.7 Å². The average molecular weight is 255 g/mol. The molecular weight excluding hydrogens is 222 g/mol. The zero-order chi connectivity index (χ0) is 13.6. The van der Waals surface area contributed by atoms with Gasteiger partial charge in [-0.05, 0) is 52.7 Å². The summed E-state index contributed by atoms with van der Waals surface area (Å²) in [4.78, 5) is 5.21. The first-order chi connectivity index (χ1) is 8.39. The van der Waals surface area contributed by atoms with Crippen molar-refractivity contribution in [1.29, 1.82) is 0 Å². The van der Waals surface area contributed by atoms with Gasteiger partial charge in [-0.2, -0.15) is 0 Å². The fourth-order valence-corrected chi connectivity index (χ4v) is 2.46. The normalized spacial score (nSPS) is 19.7. The molecule has 108 valence electrons. The summed E-state index contributed by atoms with van der Waals surface area (Å²) in [6, 6.07) is 0. The molecule has 3 heteroatoms. The number of nitrogens with one attached hydrogen (secondary N) is 1. The zero-order valence-electron chi connectivity index (χ0n) is 13.1. The topological polar surface area (TPSA) is 18.5 Å². The number of piperazine rings is 1. The summed E-state index contributed by atoms with van der Waals surface area (Å²) in [6.45, 7) is 20.0. The largest absolute Gasteiger partial charge is 0.316 e. The van der Waals surface area contributed by atoms with E-state index in [9.17, 15) is 0 Å². The Balaban J connectivity index is 2.06. The summed E-state index contributed by atoms with van der Waals surface area (Å²) in [5.74, 6) is 0.764. The van der Waals surface area contributed by atoms with Gasteiger partial charge in [0, 0.05) is 31.7 Å². The van der Waals surface area contributed by atoms with E-state index in [4.69, 9.17) is 0 Å². The standard InChI is InChI=1S/C15H33N3/c1-14(2)13-16-7-6-8-17-9-11-18(12-10-17)15(3,4)5/h14,16H,6-13H2,1-5H3. The van der Waals surface area contributed by atoms with Crippen molar-refractivity contribution in [3.05, 3.63) is 0 Å². The van der Waals surface area contributed by atoms with Crippen molar-refractivity contribution >= 4 is 0 Å². The monoisotopic (exact) mass is 255 g/mol. The predicted molar refractivity (Wildman–Crippen MR) is 80.1 cm³/mol. The third kappa shape index (κ3) is 6.17. The van der Waals surface area contributed by atoms with Crippen LogP contribution in [0.4, 0.5) is 0 Å². The molecule has 0 saturated carbocycles. The molecule has 0 atom stereocenters. The molecule has 0 aromatic rings. The molecule has 0 aromatic carbocycles. The Morgan fingerprint density at radius 2 is 1.67 bits per heavy atom. The first-order valence-electron chi connectivity index (χ1n) is 7.57. The van der Waals surface area contributed by atoms with Crippen molar-refractivity contribution in [2.75, 3.05) is 45.8 Å². The van der Waals surface area contributed by atoms with Crippen LogP contribution in [0.3, 0.4) is 0 Å². The van der Waals surface area contributed by atoms with Gasteiger partial charge in [0.25, 0.3) is 0 Å².